The molecule has 1 heterocycles. The molecule has 0 unspecified atom stereocenters. The van der Waals surface area contributed by atoms with Crippen LogP contribution in [0.15, 0.2) is 59.8 Å². The molecule has 0 atom stereocenters. The molecule has 0 spiro atoms. The summed E-state index contributed by atoms with van der Waals surface area (Å²) in [6.45, 7) is 0.283. The molecule has 1 aromatic heterocycles. The number of nitrogens with one attached hydrogen (secondary N) is 1. The Morgan fingerprint density at radius 2 is 2.12 bits per heavy atom. The summed E-state index contributed by atoms with van der Waals surface area (Å²) in [4.78, 5) is 13.4. The van der Waals surface area contributed by atoms with E-state index in [9.17, 15) is 9.18 Å². The smallest absolute Gasteiger partial charge is 0.257 e. The number of halogens is 2. The van der Waals surface area contributed by atoms with Gasteiger partial charge in [0.1, 0.15) is 5.82 Å². The van der Waals surface area contributed by atoms with Gasteiger partial charge in [0.25, 0.3) is 5.91 Å². The Labute approximate surface area is 154 Å². The SMILES string of the molecule is CSc1ccc(Cl)c(C(=O)Nc2cnn(Cc3ccccc3F)c2)c1. The molecule has 0 bridgehead atoms. The van der Waals surface area contributed by atoms with Gasteiger partial charge in [0, 0.05) is 16.7 Å². The van der Waals surface area contributed by atoms with Crippen LogP contribution in [0.4, 0.5) is 10.1 Å². The van der Waals surface area contributed by atoms with E-state index >= 15 is 0 Å². The molecular formula is C18H15ClFN3OS. The third kappa shape index (κ3) is 4.21. The molecule has 7 heteroatoms. The van der Waals surface area contributed by atoms with Crippen molar-refractivity contribution in [1.29, 1.82) is 0 Å². The second-order valence-electron chi connectivity index (χ2n) is 5.32. The first-order chi connectivity index (χ1) is 12.1. The van der Waals surface area contributed by atoms with Crippen molar-refractivity contribution < 1.29 is 9.18 Å². The highest BCUT2D eigenvalue weighted by Gasteiger charge is 2.13. The lowest BCUT2D eigenvalue weighted by molar-refractivity contribution is 0.102. The van der Waals surface area contributed by atoms with Crippen LogP contribution in [0.2, 0.25) is 5.02 Å². The first kappa shape index (κ1) is 17.5. The molecule has 0 saturated heterocycles. The van der Waals surface area contributed by atoms with Crippen LogP contribution >= 0.6 is 23.4 Å². The van der Waals surface area contributed by atoms with E-state index in [0.717, 1.165) is 4.90 Å². The van der Waals surface area contributed by atoms with Crippen LogP contribution in [0.1, 0.15) is 15.9 Å². The van der Waals surface area contributed by atoms with Gasteiger partial charge >= 0.3 is 0 Å². The summed E-state index contributed by atoms with van der Waals surface area (Å²) < 4.78 is 15.3. The minimum absolute atomic E-state index is 0.283. The van der Waals surface area contributed by atoms with Crippen molar-refractivity contribution in [2.75, 3.05) is 11.6 Å². The van der Waals surface area contributed by atoms with E-state index in [0.29, 0.717) is 21.8 Å². The molecule has 128 valence electrons. The van der Waals surface area contributed by atoms with E-state index in [1.54, 1.807) is 41.2 Å². The largest absolute Gasteiger partial charge is 0.319 e. The lowest BCUT2D eigenvalue weighted by Crippen LogP contribution is -2.12. The van der Waals surface area contributed by atoms with Gasteiger partial charge in [-0.2, -0.15) is 5.10 Å². The van der Waals surface area contributed by atoms with Crippen LogP contribution in [-0.4, -0.2) is 21.9 Å². The summed E-state index contributed by atoms with van der Waals surface area (Å²) in [6, 6.07) is 11.8. The molecule has 0 fully saturated rings. The van der Waals surface area contributed by atoms with E-state index in [1.807, 2.05) is 12.3 Å². The Morgan fingerprint density at radius 3 is 2.88 bits per heavy atom. The summed E-state index contributed by atoms with van der Waals surface area (Å²) in [5.74, 6) is -0.601. The topological polar surface area (TPSA) is 46.9 Å². The van der Waals surface area contributed by atoms with Crippen LogP contribution in [-0.2, 0) is 6.54 Å². The Bertz CT molecular complexity index is 913. The van der Waals surface area contributed by atoms with E-state index < -0.39 is 0 Å². The van der Waals surface area contributed by atoms with Crippen LogP contribution in [0.3, 0.4) is 0 Å². The zero-order chi connectivity index (χ0) is 17.8. The predicted octanol–water partition coefficient (Wildman–Crippen LogP) is 4.70. The maximum Gasteiger partial charge on any atom is 0.257 e. The number of hydrogen-bond donors (Lipinski definition) is 1. The monoisotopic (exact) mass is 375 g/mol. The van der Waals surface area contributed by atoms with Gasteiger partial charge in [-0.3, -0.25) is 9.48 Å². The predicted molar refractivity (Wildman–Crippen MR) is 98.9 cm³/mol. The number of benzene rings is 2. The number of amides is 1. The summed E-state index contributed by atoms with van der Waals surface area (Å²) in [6.07, 6.45) is 5.10. The normalized spacial score (nSPS) is 10.7. The van der Waals surface area contributed by atoms with Crippen molar-refractivity contribution >= 4 is 35.0 Å². The minimum Gasteiger partial charge on any atom is -0.319 e. The summed E-state index contributed by atoms with van der Waals surface area (Å²) in [5.41, 5.74) is 1.45. The number of nitrogens with zero attached hydrogens (tertiary/aromatic N) is 2. The molecule has 0 aliphatic rings. The maximum atomic E-state index is 13.7. The van der Waals surface area contributed by atoms with Gasteiger partial charge in [-0.05, 0) is 30.5 Å². The lowest BCUT2D eigenvalue weighted by atomic mass is 10.2. The number of thioether (sulfide) groups is 1. The van der Waals surface area contributed by atoms with Gasteiger partial charge in [-0.25, -0.2) is 4.39 Å². The van der Waals surface area contributed by atoms with Crippen LogP contribution in [0, 0.1) is 5.82 Å². The minimum atomic E-state index is -0.314. The van der Waals surface area contributed by atoms with E-state index in [4.69, 9.17) is 11.6 Å². The third-order valence-electron chi connectivity index (χ3n) is 3.60. The van der Waals surface area contributed by atoms with Gasteiger partial charge in [0.2, 0.25) is 0 Å². The standard InChI is InChI=1S/C18H15ClFN3OS/c1-25-14-6-7-16(19)15(8-14)18(24)22-13-9-21-23(11-13)10-12-4-2-3-5-17(12)20/h2-9,11H,10H2,1H3,(H,22,24). The van der Waals surface area contributed by atoms with Gasteiger partial charge in [-0.15, -0.1) is 11.8 Å². The fourth-order valence-corrected chi connectivity index (χ4v) is 2.96. The molecule has 0 saturated carbocycles. The van der Waals surface area contributed by atoms with Crippen molar-refractivity contribution in [3.63, 3.8) is 0 Å². The molecule has 4 nitrogen and oxygen atoms in total. The van der Waals surface area contributed by atoms with Gasteiger partial charge < -0.3 is 5.32 Å². The van der Waals surface area contributed by atoms with Crippen molar-refractivity contribution in [3.8, 4) is 0 Å². The van der Waals surface area contributed by atoms with Crippen LogP contribution in [0.5, 0.6) is 0 Å². The number of aromatic nitrogens is 2. The maximum absolute atomic E-state index is 13.7. The molecule has 1 N–H and O–H groups in total. The molecule has 3 rings (SSSR count). The van der Waals surface area contributed by atoms with Crippen LogP contribution in [0.25, 0.3) is 0 Å². The van der Waals surface area contributed by atoms with Gasteiger partial charge in [-0.1, -0.05) is 29.8 Å². The molecular weight excluding hydrogens is 361 g/mol. The third-order valence-corrected chi connectivity index (χ3v) is 4.65. The Morgan fingerprint density at radius 1 is 1.32 bits per heavy atom. The number of carbonyl (C=O) groups excluding carboxylic acids is 1. The van der Waals surface area contributed by atoms with Crippen LogP contribution < -0.4 is 5.32 Å². The summed E-state index contributed by atoms with van der Waals surface area (Å²) in [7, 11) is 0. The molecule has 0 aliphatic carbocycles. The first-order valence-corrected chi connectivity index (χ1v) is 9.08. The van der Waals surface area contributed by atoms with Crippen molar-refractivity contribution in [1.82, 2.24) is 9.78 Å². The zero-order valence-corrected chi connectivity index (χ0v) is 14.9. The molecule has 2 aromatic carbocycles. The van der Waals surface area contributed by atoms with Crippen molar-refractivity contribution in [2.24, 2.45) is 0 Å². The summed E-state index contributed by atoms with van der Waals surface area (Å²) >= 11 is 7.64. The second-order valence-corrected chi connectivity index (χ2v) is 6.60. The molecule has 0 aliphatic heterocycles. The lowest BCUT2D eigenvalue weighted by Gasteiger charge is -2.06. The average molecular weight is 376 g/mol. The van der Waals surface area contributed by atoms with E-state index in [2.05, 4.69) is 10.4 Å². The highest BCUT2D eigenvalue weighted by Crippen LogP contribution is 2.24. The fourth-order valence-electron chi connectivity index (χ4n) is 2.32. The summed E-state index contributed by atoms with van der Waals surface area (Å²) in [5, 5.41) is 7.30. The first-order valence-electron chi connectivity index (χ1n) is 7.47. The fraction of sp³-hybridized carbons (Fsp3) is 0.111. The van der Waals surface area contributed by atoms with Crippen molar-refractivity contribution in [3.05, 3.63) is 76.8 Å². The number of rotatable bonds is 5. The zero-order valence-electron chi connectivity index (χ0n) is 13.4. The Balaban J connectivity index is 1.73. The van der Waals surface area contributed by atoms with E-state index in [1.165, 1.54) is 24.0 Å². The number of carbonyl (C=O) groups is 1. The second kappa shape index (κ2) is 7.72. The molecule has 3 aromatic rings. The molecule has 25 heavy (non-hydrogen) atoms. The molecule has 1 amide bonds. The molecule has 0 radical (unpaired) electrons. The average Bonchev–Trinajstić information content (AvgIpc) is 3.04. The Hall–Kier alpha value is -2.31. The quantitative estimate of drug-likeness (QED) is 0.657. The van der Waals surface area contributed by atoms with Gasteiger partial charge in [0.05, 0.1) is 29.0 Å². The Kier molecular flexibility index (Phi) is 5.40. The highest BCUT2D eigenvalue weighted by atomic mass is 35.5. The number of anilines is 1. The van der Waals surface area contributed by atoms with E-state index in [-0.39, 0.29) is 18.3 Å². The van der Waals surface area contributed by atoms with Gasteiger partial charge in [0.15, 0.2) is 0 Å². The number of hydrogen-bond acceptors (Lipinski definition) is 3. The van der Waals surface area contributed by atoms with Crippen molar-refractivity contribution in [2.45, 2.75) is 11.4 Å². The highest BCUT2D eigenvalue weighted by molar-refractivity contribution is 7.98.